The van der Waals surface area contributed by atoms with Crippen LogP contribution in [0.2, 0.25) is 5.02 Å². The first-order valence-corrected chi connectivity index (χ1v) is 7.42. The highest BCUT2D eigenvalue weighted by Crippen LogP contribution is 2.41. The van der Waals surface area contributed by atoms with E-state index in [1.165, 1.54) is 24.2 Å². The second-order valence-electron chi connectivity index (χ2n) is 4.78. The van der Waals surface area contributed by atoms with E-state index >= 15 is 0 Å². The van der Waals surface area contributed by atoms with Gasteiger partial charge in [-0.2, -0.15) is 11.8 Å². The maximum atomic E-state index is 6.18. The third-order valence-corrected chi connectivity index (χ3v) is 5.60. The minimum Gasteiger partial charge on any atom is -0.315 e. The lowest BCUT2D eigenvalue weighted by Gasteiger charge is -2.33. The van der Waals surface area contributed by atoms with E-state index in [0.29, 0.717) is 10.8 Å². The van der Waals surface area contributed by atoms with Crippen molar-refractivity contribution >= 4 is 23.4 Å². The molecule has 0 aromatic carbocycles. The monoisotopic (exact) mass is 270 g/mol. The van der Waals surface area contributed by atoms with Gasteiger partial charge in [-0.25, -0.2) is 0 Å². The van der Waals surface area contributed by atoms with Crippen molar-refractivity contribution in [2.24, 2.45) is 0 Å². The summed E-state index contributed by atoms with van der Waals surface area (Å²) in [7, 11) is 2.05. The van der Waals surface area contributed by atoms with E-state index in [0.717, 1.165) is 11.4 Å². The van der Waals surface area contributed by atoms with Crippen LogP contribution in [0.1, 0.15) is 25.3 Å². The van der Waals surface area contributed by atoms with E-state index in [-0.39, 0.29) is 0 Å². The number of pyridine rings is 1. The summed E-state index contributed by atoms with van der Waals surface area (Å²) in [6.07, 6.45) is 7.13. The van der Waals surface area contributed by atoms with Gasteiger partial charge in [0.25, 0.3) is 0 Å². The molecule has 1 aliphatic heterocycles. The van der Waals surface area contributed by atoms with Gasteiger partial charge in [-0.15, -0.1) is 0 Å². The Morgan fingerprint density at radius 2 is 2.47 bits per heavy atom. The Morgan fingerprint density at radius 1 is 1.65 bits per heavy atom. The van der Waals surface area contributed by atoms with Gasteiger partial charge in [-0.3, -0.25) is 4.98 Å². The highest BCUT2D eigenvalue weighted by atomic mass is 35.5. The number of thioether (sulfide) groups is 1. The standard InChI is InChI=1S/C13H19ClN2S/c1-13(5-3-7-17-13)12(15-2)8-10-4-6-16-9-11(10)14/h4,6,9,12,15H,3,5,7-8H2,1-2H3. The zero-order chi connectivity index (χ0) is 12.3. The van der Waals surface area contributed by atoms with Crippen LogP contribution in [0.4, 0.5) is 0 Å². The first-order chi connectivity index (χ1) is 8.15. The fourth-order valence-electron chi connectivity index (χ4n) is 2.49. The summed E-state index contributed by atoms with van der Waals surface area (Å²) in [5, 5.41) is 4.24. The fourth-order valence-corrected chi connectivity index (χ4v) is 4.13. The van der Waals surface area contributed by atoms with Crippen molar-refractivity contribution in [2.75, 3.05) is 12.8 Å². The van der Waals surface area contributed by atoms with Crippen molar-refractivity contribution in [3.63, 3.8) is 0 Å². The van der Waals surface area contributed by atoms with Crippen molar-refractivity contribution in [2.45, 2.75) is 37.0 Å². The van der Waals surface area contributed by atoms with Gasteiger partial charge in [0.1, 0.15) is 0 Å². The maximum Gasteiger partial charge on any atom is 0.0621 e. The summed E-state index contributed by atoms with van der Waals surface area (Å²) in [4.78, 5) is 4.04. The van der Waals surface area contributed by atoms with Crippen LogP contribution in [0.15, 0.2) is 18.5 Å². The number of aromatic nitrogens is 1. The Morgan fingerprint density at radius 3 is 3.06 bits per heavy atom. The molecule has 1 aliphatic rings. The van der Waals surface area contributed by atoms with Gasteiger partial charge in [-0.1, -0.05) is 11.6 Å². The normalized spacial score (nSPS) is 26.1. The molecule has 0 aliphatic carbocycles. The molecule has 17 heavy (non-hydrogen) atoms. The number of hydrogen-bond donors (Lipinski definition) is 1. The van der Waals surface area contributed by atoms with Crippen LogP contribution < -0.4 is 5.32 Å². The molecule has 0 amide bonds. The third-order valence-electron chi connectivity index (χ3n) is 3.62. The van der Waals surface area contributed by atoms with Gasteiger partial charge in [0.05, 0.1) is 5.02 Å². The highest BCUT2D eigenvalue weighted by Gasteiger charge is 2.37. The van der Waals surface area contributed by atoms with Crippen molar-refractivity contribution in [1.29, 1.82) is 0 Å². The Hall–Kier alpha value is -0.250. The Kier molecular flexibility index (Phi) is 4.34. The minimum absolute atomic E-state index is 0.335. The summed E-state index contributed by atoms with van der Waals surface area (Å²) >= 11 is 8.26. The van der Waals surface area contributed by atoms with Crippen LogP contribution in [0.3, 0.4) is 0 Å². The average Bonchev–Trinajstić information content (AvgIpc) is 2.76. The summed E-state index contributed by atoms with van der Waals surface area (Å²) in [6.45, 7) is 2.36. The Balaban J connectivity index is 2.12. The van der Waals surface area contributed by atoms with Crippen LogP contribution in [-0.4, -0.2) is 28.6 Å². The molecule has 0 radical (unpaired) electrons. The number of nitrogens with one attached hydrogen (secondary N) is 1. The molecule has 4 heteroatoms. The lowest BCUT2D eigenvalue weighted by Crippen LogP contribution is -2.45. The van der Waals surface area contributed by atoms with Gasteiger partial charge < -0.3 is 5.32 Å². The van der Waals surface area contributed by atoms with Gasteiger partial charge in [0.15, 0.2) is 0 Å². The highest BCUT2D eigenvalue weighted by molar-refractivity contribution is 8.00. The molecule has 0 spiro atoms. The molecule has 2 rings (SSSR count). The maximum absolute atomic E-state index is 6.18. The quantitative estimate of drug-likeness (QED) is 0.910. The van der Waals surface area contributed by atoms with Crippen LogP contribution in [0.25, 0.3) is 0 Å². The molecule has 1 N–H and O–H groups in total. The van der Waals surface area contributed by atoms with Crippen molar-refractivity contribution in [3.05, 3.63) is 29.0 Å². The third kappa shape index (κ3) is 2.95. The first kappa shape index (κ1) is 13.2. The summed E-state index contributed by atoms with van der Waals surface area (Å²) < 4.78 is 0.335. The summed E-state index contributed by atoms with van der Waals surface area (Å²) in [5.41, 5.74) is 1.19. The van der Waals surface area contributed by atoms with Crippen LogP contribution in [-0.2, 0) is 6.42 Å². The predicted octanol–water partition coefficient (Wildman–Crippen LogP) is 3.15. The Labute approximate surface area is 113 Å². The average molecular weight is 271 g/mol. The minimum atomic E-state index is 0.335. The Bertz CT molecular complexity index is 377. The molecular formula is C13H19ClN2S. The molecule has 1 aromatic rings. The molecule has 1 saturated heterocycles. The second-order valence-corrected chi connectivity index (χ2v) is 6.81. The number of halogens is 1. The molecule has 2 unspecified atom stereocenters. The van der Waals surface area contributed by atoms with Gasteiger partial charge in [-0.05, 0) is 50.6 Å². The molecule has 2 atom stereocenters. The molecular weight excluding hydrogens is 252 g/mol. The van der Waals surface area contributed by atoms with E-state index in [9.17, 15) is 0 Å². The smallest absolute Gasteiger partial charge is 0.0621 e. The van der Waals surface area contributed by atoms with E-state index < -0.39 is 0 Å². The van der Waals surface area contributed by atoms with Crippen molar-refractivity contribution in [1.82, 2.24) is 10.3 Å². The number of nitrogens with zero attached hydrogens (tertiary/aromatic N) is 1. The van der Waals surface area contributed by atoms with Crippen molar-refractivity contribution in [3.8, 4) is 0 Å². The van der Waals surface area contributed by atoms with E-state index in [1.807, 2.05) is 19.3 Å². The van der Waals surface area contributed by atoms with Crippen LogP contribution in [0, 0.1) is 0 Å². The SMILES string of the molecule is CNC(Cc1ccncc1Cl)C1(C)CCCS1. The number of rotatable bonds is 4. The van der Waals surface area contributed by atoms with Gasteiger partial charge in [0.2, 0.25) is 0 Å². The van der Waals surface area contributed by atoms with E-state index in [1.54, 1.807) is 6.20 Å². The lowest BCUT2D eigenvalue weighted by atomic mass is 9.91. The van der Waals surface area contributed by atoms with Gasteiger partial charge in [0, 0.05) is 23.2 Å². The molecule has 1 aromatic heterocycles. The molecule has 1 fully saturated rings. The largest absolute Gasteiger partial charge is 0.315 e. The fraction of sp³-hybridized carbons (Fsp3) is 0.615. The lowest BCUT2D eigenvalue weighted by molar-refractivity contribution is 0.424. The second kappa shape index (κ2) is 5.59. The first-order valence-electron chi connectivity index (χ1n) is 6.05. The number of likely N-dealkylation sites (N-methyl/N-ethyl adjacent to an activating group) is 1. The van der Waals surface area contributed by atoms with Crippen molar-refractivity contribution < 1.29 is 0 Å². The molecule has 2 heterocycles. The summed E-state index contributed by atoms with van der Waals surface area (Å²) in [6, 6.07) is 2.49. The van der Waals surface area contributed by atoms with E-state index in [4.69, 9.17) is 11.6 Å². The zero-order valence-electron chi connectivity index (χ0n) is 10.4. The summed E-state index contributed by atoms with van der Waals surface area (Å²) in [5.74, 6) is 1.28. The van der Waals surface area contributed by atoms with Gasteiger partial charge >= 0.3 is 0 Å². The van der Waals surface area contributed by atoms with Crippen LogP contribution >= 0.6 is 23.4 Å². The molecule has 2 nitrogen and oxygen atoms in total. The number of hydrogen-bond acceptors (Lipinski definition) is 3. The molecule has 0 bridgehead atoms. The predicted molar refractivity (Wildman–Crippen MR) is 75.9 cm³/mol. The topological polar surface area (TPSA) is 24.9 Å². The van der Waals surface area contributed by atoms with Crippen LogP contribution in [0.5, 0.6) is 0 Å². The molecule has 0 saturated carbocycles. The molecule has 94 valence electrons. The zero-order valence-corrected chi connectivity index (χ0v) is 11.9. The van der Waals surface area contributed by atoms with E-state index in [2.05, 4.69) is 29.0 Å².